The lowest BCUT2D eigenvalue weighted by atomic mass is 9.99. The first-order valence-electron chi connectivity index (χ1n) is 5.92. The molecule has 2 unspecified atom stereocenters. The van der Waals surface area contributed by atoms with E-state index < -0.39 is 23.9 Å². The molecule has 1 rings (SSSR count). The summed E-state index contributed by atoms with van der Waals surface area (Å²) >= 11 is 0. The Morgan fingerprint density at radius 1 is 1.33 bits per heavy atom. The number of methoxy groups -OCH3 is 1. The van der Waals surface area contributed by atoms with Crippen LogP contribution in [0.5, 0.6) is 5.75 Å². The molecule has 2 atom stereocenters. The first-order chi connectivity index (χ1) is 9.79. The summed E-state index contributed by atoms with van der Waals surface area (Å²) in [4.78, 5) is 2.48. The van der Waals surface area contributed by atoms with E-state index >= 15 is 0 Å². The Morgan fingerprint density at radius 2 is 2.00 bits per heavy atom. The van der Waals surface area contributed by atoms with Crippen LogP contribution >= 0.6 is 0 Å². The van der Waals surface area contributed by atoms with Gasteiger partial charge in [0.1, 0.15) is 11.9 Å². The van der Waals surface area contributed by atoms with Crippen molar-refractivity contribution in [3.8, 4) is 5.75 Å². The summed E-state index contributed by atoms with van der Waals surface area (Å²) in [5.74, 6) is -0.0823. The molecule has 0 spiro atoms. The molecule has 0 bridgehead atoms. The van der Waals surface area contributed by atoms with E-state index in [1.165, 1.54) is 13.2 Å². The van der Waals surface area contributed by atoms with Gasteiger partial charge in [0, 0.05) is 11.5 Å². The Balaban J connectivity index is 3.02. The quantitative estimate of drug-likeness (QED) is 0.480. The highest BCUT2D eigenvalue weighted by Crippen LogP contribution is 2.34. The fourth-order valence-electron chi connectivity index (χ4n) is 1.69. The number of azide groups is 1. The van der Waals surface area contributed by atoms with Gasteiger partial charge in [-0.25, -0.2) is 0 Å². The number of benzene rings is 1. The Kier molecular flexibility index (Phi) is 5.83. The van der Waals surface area contributed by atoms with E-state index in [-0.39, 0.29) is 24.3 Å². The summed E-state index contributed by atoms with van der Waals surface area (Å²) in [6.45, 7) is -0.0785. The highest BCUT2D eigenvalue weighted by molar-refractivity contribution is 5.37. The highest BCUT2D eigenvalue weighted by atomic mass is 19.4. The molecular weight excluding hydrogens is 291 g/mol. The summed E-state index contributed by atoms with van der Waals surface area (Å²) < 4.78 is 43.0. The highest BCUT2D eigenvalue weighted by Gasteiger charge is 2.32. The Labute approximate surface area is 118 Å². The summed E-state index contributed by atoms with van der Waals surface area (Å²) in [7, 11) is 1.20. The van der Waals surface area contributed by atoms with Crippen molar-refractivity contribution in [1.29, 1.82) is 0 Å². The van der Waals surface area contributed by atoms with E-state index in [0.717, 1.165) is 12.1 Å². The lowest BCUT2D eigenvalue weighted by molar-refractivity contribution is -0.137. The van der Waals surface area contributed by atoms with E-state index in [1.807, 2.05) is 0 Å². The molecule has 0 amide bonds. The molecule has 0 aliphatic carbocycles. The largest absolute Gasteiger partial charge is 0.497 e. The van der Waals surface area contributed by atoms with Crippen LogP contribution in [0, 0.1) is 0 Å². The van der Waals surface area contributed by atoms with Crippen LogP contribution < -0.4 is 4.74 Å². The molecule has 0 heterocycles. The summed E-state index contributed by atoms with van der Waals surface area (Å²) in [5.41, 5.74) is 6.98. The van der Waals surface area contributed by atoms with E-state index in [4.69, 9.17) is 10.3 Å². The third-order valence-electron chi connectivity index (χ3n) is 2.79. The van der Waals surface area contributed by atoms with Crippen LogP contribution in [0.25, 0.3) is 10.4 Å². The molecule has 0 radical (unpaired) electrons. The van der Waals surface area contributed by atoms with Crippen molar-refractivity contribution < 1.29 is 28.1 Å². The van der Waals surface area contributed by atoms with Crippen molar-refractivity contribution in [2.75, 3.05) is 13.7 Å². The fourth-order valence-corrected chi connectivity index (χ4v) is 1.69. The zero-order valence-electron chi connectivity index (χ0n) is 11.1. The van der Waals surface area contributed by atoms with Crippen LogP contribution in [0.4, 0.5) is 13.2 Å². The number of hydrogen-bond donors (Lipinski definition) is 2. The lowest BCUT2D eigenvalue weighted by Gasteiger charge is -2.19. The summed E-state index contributed by atoms with van der Waals surface area (Å²) in [6.07, 6.45) is -7.58. The van der Waals surface area contributed by atoms with Crippen molar-refractivity contribution in [2.45, 2.75) is 24.8 Å². The SMILES string of the molecule is COc1cc(C(O)C(O)CCN=[N+]=[N-])cc(C(F)(F)F)c1. The Bertz CT molecular complexity index is 530. The summed E-state index contributed by atoms with van der Waals surface area (Å²) in [5, 5.41) is 22.8. The minimum Gasteiger partial charge on any atom is -0.497 e. The predicted molar refractivity (Wildman–Crippen MR) is 67.6 cm³/mol. The lowest BCUT2D eigenvalue weighted by Crippen LogP contribution is -2.20. The topological polar surface area (TPSA) is 98.5 Å². The second-order valence-corrected chi connectivity index (χ2v) is 4.25. The zero-order valence-corrected chi connectivity index (χ0v) is 11.1. The molecular formula is C12H14F3N3O3. The van der Waals surface area contributed by atoms with Crippen molar-refractivity contribution in [3.63, 3.8) is 0 Å². The van der Waals surface area contributed by atoms with Gasteiger partial charge >= 0.3 is 6.18 Å². The van der Waals surface area contributed by atoms with Gasteiger partial charge < -0.3 is 14.9 Å². The van der Waals surface area contributed by atoms with Crippen LogP contribution in [0.1, 0.15) is 23.7 Å². The zero-order chi connectivity index (χ0) is 16.0. The molecule has 0 fully saturated rings. The molecule has 2 N–H and O–H groups in total. The molecule has 116 valence electrons. The molecule has 0 aliphatic rings. The first kappa shape index (κ1) is 17.1. The third-order valence-corrected chi connectivity index (χ3v) is 2.79. The van der Waals surface area contributed by atoms with Gasteiger partial charge in [0.05, 0.1) is 18.8 Å². The maximum absolute atomic E-state index is 12.7. The number of aliphatic hydroxyl groups is 2. The van der Waals surface area contributed by atoms with Crippen LogP contribution in [0.3, 0.4) is 0 Å². The first-order valence-corrected chi connectivity index (χ1v) is 5.92. The second-order valence-electron chi connectivity index (χ2n) is 4.25. The van der Waals surface area contributed by atoms with Crippen molar-refractivity contribution in [2.24, 2.45) is 5.11 Å². The van der Waals surface area contributed by atoms with Gasteiger partial charge in [-0.1, -0.05) is 5.11 Å². The van der Waals surface area contributed by atoms with Crippen LogP contribution in [0.15, 0.2) is 23.3 Å². The standard InChI is InChI=1S/C12H14F3N3O3/c1-21-9-5-7(4-8(6-9)12(13,14)15)11(20)10(19)2-3-17-18-16/h4-6,10-11,19-20H,2-3H2,1H3. The van der Waals surface area contributed by atoms with E-state index in [0.29, 0.717) is 0 Å². The average Bonchev–Trinajstić information content (AvgIpc) is 2.45. The number of alkyl halides is 3. The van der Waals surface area contributed by atoms with Crippen LogP contribution in [-0.4, -0.2) is 30.0 Å². The van der Waals surface area contributed by atoms with Crippen molar-refractivity contribution in [3.05, 3.63) is 39.8 Å². The van der Waals surface area contributed by atoms with Gasteiger partial charge in [0.25, 0.3) is 0 Å². The predicted octanol–water partition coefficient (Wildman–Crippen LogP) is 2.81. The van der Waals surface area contributed by atoms with Crippen molar-refractivity contribution in [1.82, 2.24) is 0 Å². The second kappa shape index (κ2) is 7.16. The van der Waals surface area contributed by atoms with Gasteiger partial charge in [-0.05, 0) is 35.7 Å². The van der Waals surface area contributed by atoms with Crippen LogP contribution in [-0.2, 0) is 6.18 Å². The molecule has 0 aromatic heterocycles. The van der Waals surface area contributed by atoms with Gasteiger partial charge in [0.15, 0.2) is 0 Å². The molecule has 6 nitrogen and oxygen atoms in total. The Morgan fingerprint density at radius 3 is 2.52 bits per heavy atom. The molecule has 1 aromatic rings. The number of hydrogen-bond acceptors (Lipinski definition) is 4. The van der Waals surface area contributed by atoms with E-state index in [9.17, 15) is 23.4 Å². The monoisotopic (exact) mass is 305 g/mol. The maximum Gasteiger partial charge on any atom is 0.416 e. The molecule has 9 heteroatoms. The van der Waals surface area contributed by atoms with Crippen molar-refractivity contribution >= 4 is 0 Å². The minimum absolute atomic E-state index is 0.0785. The molecule has 0 saturated carbocycles. The average molecular weight is 305 g/mol. The molecule has 1 aromatic carbocycles. The number of aliphatic hydroxyl groups excluding tert-OH is 2. The smallest absolute Gasteiger partial charge is 0.416 e. The van der Waals surface area contributed by atoms with Crippen LogP contribution in [0.2, 0.25) is 0 Å². The Hall–Kier alpha value is -1.96. The van der Waals surface area contributed by atoms with Gasteiger partial charge in [-0.2, -0.15) is 13.2 Å². The van der Waals surface area contributed by atoms with Gasteiger partial charge in [-0.3, -0.25) is 0 Å². The maximum atomic E-state index is 12.7. The van der Waals surface area contributed by atoms with E-state index in [1.54, 1.807) is 0 Å². The number of ether oxygens (including phenoxy) is 1. The minimum atomic E-state index is -4.60. The normalized spacial score (nSPS) is 14.2. The van der Waals surface area contributed by atoms with E-state index in [2.05, 4.69) is 10.0 Å². The number of halogens is 3. The number of rotatable bonds is 6. The van der Waals surface area contributed by atoms with Gasteiger partial charge in [0.2, 0.25) is 0 Å². The summed E-state index contributed by atoms with van der Waals surface area (Å²) in [6, 6.07) is 2.74. The van der Waals surface area contributed by atoms with Gasteiger partial charge in [-0.15, -0.1) is 0 Å². The fraction of sp³-hybridized carbons (Fsp3) is 0.500. The third kappa shape index (κ3) is 4.82. The number of nitrogens with zero attached hydrogens (tertiary/aromatic N) is 3. The molecule has 0 saturated heterocycles. The molecule has 21 heavy (non-hydrogen) atoms. The molecule has 0 aliphatic heterocycles.